The molecule has 2 aliphatic heterocycles. The van der Waals surface area contributed by atoms with Crippen molar-refractivity contribution in [3.63, 3.8) is 0 Å². The maximum absolute atomic E-state index is 12.6. The van der Waals surface area contributed by atoms with Crippen LogP contribution in [0.2, 0.25) is 5.02 Å². The van der Waals surface area contributed by atoms with E-state index in [1.54, 1.807) is 24.3 Å². The normalized spacial score (nSPS) is 25.0. The Morgan fingerprint density at radius 1 is 1.29 bits per heavy atom. The zero-order valence-electron chi connectivity index (χ0n) is 12.2. The molecule has 0 N–H and O–H groups in total. The fourth-order valence-corrected chi connectivity index (χ4v) is 3.26. The molecule has 2 fully saturated rings. The summed E-state index contributed by atoms with van der Waals surface area (Å²) < 4.78 is 11.5. The van der Waals surface area contributed by atoms with E-state index < -0.39 is 5.79 Å². The van der Waals surface area contributed by atoms with E-state index in [1.807, 2.05) is 11.8 Å². The first-order valence-electron chi connectivity index (χ1n) is 7.41. The van der Waals surface area contributed by atoms with E-state index in [1.165, 1.54) is 0 Å². The Morgan fingerprint density at radius 3 is 2.62 bits per heavy atom. The Balaban J connectivity index is 1.70. The van der Waals surface area contributed by atoms with Crippen molar-refractivity contribution < 1.29 is 14.3 Å². The summed E-state index contributed by atoms with van der Waals surface area (Å²) >= 11 is 5.87. The van der Waals surface area contributed by atoms with Crippen molar-refractivity contribution in [2.75, 3.05) is 26.3 Å². The summed E-state index contributed by atoms with van der Waals surface area (Å²) in [5.41, 5.74) is 0.679. The predicted octanol–water partition coefficient (Wildman–Crippen LogP) is 2.96. The number of halogens is 1. The van der Waals surface area contributed by atoms with E-state index >= 15 is 0 Å². The van der Waals surface area contributed by atoms with Gasteiger partial charge >= 0.3 is 0 Å². The molecule has 21 heavy (non-hydrogen) atoms. The smallest absolute Gasteiger partial charge is 0.253 e. The second kappa shape index (κ2) is 5.95. The number of piperidine rings is 1. The molecule has 0 aromatic heterocycles. The lowest BCUT2D eigenvalue weighted by atomic mass is 9.90. The lowest BCUT2D eigenvalue weighted by Crippen LogP contribution is -2.48. The zero-order valence-corrected chi connectivity index (χ0v) is 12.9. The quantitative estimate of drug-likeness (QED) is 0.843. The number of nitrogens with zero attached hydrogens (tertiary/aromatic N) is 1. The number of carbonyl (C=O) groups is 1. The summed E-state index contributed by atoms with van der Waals surface area (Å²) in [4.78, 5) is 14.5. The van der Waals surface area contributed by atoms with Crippen LogP contribution in [0.3, 0.4) is 0 Å². The van der Waals surface area contributed by atoms with Crippen LogP contribution in [0.4, 0.5) is 0 Å². The summed E-state index contributed by atoms with van der Waals surface area (Å²) in [6.45, 7) is 4.73. The van der Waals surface area contributed by atoms with Gasteiger partial charge in [-0.25, -0.2) is 0 Å². The largest absolute Gasteiger partial charge is 0.347 e. The van der Waals surface area contributed by atoms with Crippen LogP contribution in [0, 0.1) is 5.92 Å². The first kappa shape index (κ1) is 14.8. The van der Waals surface area contributed by atoms with Crippen molar-refractivity contribution in [2.45, 2.75) is 25.6 Å². The average molecular weight is 310 g/mol. The predicted molar refractivity (Wildman–Crippen MR) is 80.4 cm³/mol. The number of carbonyl (C=O) groups excluding carboxylic acids is 1. The minimum Gasteiger partial charge on any atom is -0.347 e. The Bertz CT molecular complexity index is 511. The van der Waals surface area contributed by atoms with Crippen LogP contribution in [-0.4, -0.2) is 42.9 Å². The highest BCUT2D eigenvalue weighted by molar-refractivity contribution is 6.30. The molecule has 114 valence electrons. The van der Waals surface area contributed by atoms with Crippen LogP contribution in [0.15, 0.2) is 24.3 Å². The number of ether oxygens (including phenoxy) is 2. The SMILES string of the molecule is CC1([C@@H]2CCCN(C(=O)c3ccc(Cl)cc3)C2)OCCO1. The van der Waals surface area contributed by atoms with E-state index in [-0.39, 0.29) is 11.8 Å². The first-order valence-corrected chi connectivity index (χ1v) is 7.79. The van der Waals surface area contributed by atoms with Gasteiger partial charge in [-0.3, -0.25) is 4.79 Å². The average Bonchev–Trinajstić information content (AvgIpc) is 2.96. The molecule has 1 aromatic carbocycles. The molecule has 0 radical (unpaired) electrons. The number of hydrogen-bond donors (Lipinski definition) is 0. The molecule has 2 heterocycles. The molecule has 1 aromatic rings. The van der Waals surface area contributed by atoms with Gasteiger partial charge in [-0.1, -0.05) is 11.6 Å². The fraction of sp³-hybridized carbons (Fsp3) is 0.562. The molecule has 2 aliphatic rings. The lowest BCUT2D eigenvalue weighted by Gasteiger charge is -2.39. The van der Waals surface area contributed by atoms with Gasteiger partial charge in [0.15, 0.2) is 5.79 Å². The first-order chi connectivity index (χ1) is 10.1. The molecule has 1 atom stereocenters. The topological polar surface area (TPSA) is 38.8 Å². The lowest BCUT2D eigenvalue weighted by molar-refractivity contribution is -0.189. The summed E-state index contributed by atoms with van der Waals surface area (Å²) in [6, 6.07) is 7.05. The third-order valence-corrected chi connectivity index (χ3v) is 4.65. The third-order valence-electron chi connectivity index (χ3n) is 4.40. The summed E-state index contributed by atoms with van der Waals surface area (Å²) in [6.07, 6.45) is 2.01. The highest BCUT2D eigenvalue weighted by atomic mass is 35.5. The summed E-state index contributed by atoms with van der Waals surface area (Å²) in [7, 11) is 0. The molecule has 5 heteroatoms. The second-order valence-electron chi connectivity index (χ2n) is 5.81. The molecular weight excluding hydrogens is 290 g/mol. The van der Waals surface area contributed by atoms with Crippen molar-refractivity contribution in [3.8, 4) is 0 Å². The highest BCUT2D eigenvalue weighted by Gasteiger charge is 2.42. The van der Waals surface area contributed by atoms with Gasteiger partial charge < -0.3 is 14.4 Å². The zero-order chi connectivity index (χ0) is 14.9. The maximum Gasteiger partial charge on any atom is 0.253 e. The molecule has 0 saturated carbocycles. The summed E-state index contributed by atoms with van der Waals surface area (Å²) in [5, 5.41) is 0.642. The van der Waals surface area contributed by atoms with Crippen molar-refractivity contribution in [3.05, 3.63) is 34.9 Å². The number of amides is 1. The van der Waals surface area contributed by atoms with Crippen LogP contribution in [-0.2, 0) is 9.47 Å². The number of rotatable bonds is 2. The van der Waals surface area contributed by atoms with Crippen molar-refractivity contribution in [1.82, 2.24) is 4.90 Å². The summed E-state index contributed by atoms with van der Waals surface area (Å²) in [5.74, 6) is -0.262. The van der Waals surface area contributed by atoms with E-state index in [9.17, 15) is 4.79 Å². The highest BCUT2D eigenvalue weighted by Crippen LogP contribution is 2.34. The molecule has 0 unspecified atom stereocenters. The molecule has 0 bridgehead atoms. The second-order valence-corrected chi connectivity index (χ2v) is 6.25. The molecule has 1 amide bonds. The number of likely N-dealkylation sites (tertiary alicyclic amines) is 1. The van der Waals surface area contributed by atoms with E-state index in [2.05, 4.69) is 0 Å². The van der Waals surface area contributed by atoms with Gasteiger partial charge in [-0.15, -0.1) is 0 Å². The Hall–Kier alpha value is -1.10. The fourth-order valence-electron chi connectivity index (χ4n) is 3.13. The number of hydrogen-bond acceptors (Lipinski definition) is 3. The minimum atomic E-state index is -0.543. The molecule has 2 saturated heterocycles. The molecule has 3 rings (SSSR count). The minimum absolute atomic E-state index is 0.0537. The van der Waals surface area contributed by atoms with Gasteiger partial charge in [0, 0.05) is 29.6 Å². The van der Waals surface area contributed by atoms with Crippen molar-refractivity contribution >= 4 is 17.5 Å². The van der Waals surface area contributed by atoms with Crippen LogP contribution in [0.1, 0.15) is 30.1 Å². The Labute approximate surface area is 130 Å². The van der Waals surface area contributed by atoms with Crippen LogP contribution < -0.4 is 0 Å². The molecular formula is C16H20ClNO3. The van der Waals surface area contributed by atoms with E-state index in [0.717, 1.165) is 19.4 Å². The standard InChI is InChI=1S/C16H20ClNO3/c1-16(20-9-10-21-16)13-3-2-8-18(11-13)15(19)12-4-6-14(17)7-5-12/h4-7,13H,2-3,8-11H2,1H3/t13-/m1/s1. The van der Waals surface area contributed by atoms with Crippen LogP contribution in [0.25, 0.3) is 0 Å². The maximum atomic E-state index is 12.6. The molecule has 4 nitrogen and oxygen atoms in total. The van der Waals surface area contributed by atoms with Crippen LogP contribution in [0.5, 0.6) is 0 Å². The Morgan fingerprint density at radius 2 is 1.95 bits per heavy atom. The monoisotopic (exact) mass is 309 g/mol. The van der Waals surface area contributed by atoms with Crippen molar-refractivity contribution in [2.24, 2.45) is 5.92 Å². The van der Waals surface area contributed by atoms with Gasteiger partial charge in [-0.2, -0.15) is 0 Å². The third kappa shape index (κ3) is 3.07. The van der Waals surface area contributed by atoms with E-state index in [4.69, 9.17) is 21.1 Å². The van der Waals surface area contributed by atoms with Gasteiger partial charge in [0.25, 0.3) is 5.91 Å². The van der Waals surface area contributed by atoms with Gasteiger partial charge in [-0.05, 0) is 44.0 Å². The number of benzene rings is 1. The van der Waals surface area contributed by atoms with E-state index in [0.29, 0.717) is 30.3 Å². The van der Waals surface area contributed by atoms with Gasteiger partial charge in [0.2, 0.25) is 0 Å². The van der Waals surface area contributed by atoms with Crippen LogP contribution >= 0.6 is 11.6 Å². The van der Waals surface area contributed by atoms with Gasteiger partial charge in [0.1, 0.15) is 0 Å². The molecule has 0 aliphatic carbocycles. The van der Waals surface area contributed by atoms with Crippen molar-refractivity contribution in [1.29, 1.82) is 0 Å². The van der Waals surface area contributed by atoms with Gasteiger partial charge in [0.05, 0.1) is 13.2 Å². The molecule has 0 spiro atoms. The Kier molecular flexibility index (Phi) is 4.20.